The first-order chi connectivity index (χ1) is 11.5. The molecule has 1 amide bonds. The van der Waals surface area contributed by atoms with Gasteiger partial charge in [0.2, 0.25) is 0 Å². The zero-order chi connectivity index (χ0) is 17.7. The van der Waals surface area contributed by atoms with Crippen LogP contribution in [0.1, 0.15) is 23.5 Å². The summed E-state index contributed by atoms with van der Waals surface area (Å²) in [6.45, 7) is 4.64. The van der Waals surface area contributed by atoms with E-state index in [0.29, 0.717) is 30.4 Å². The van der Waals surface area contributed by atoms with Crippen LogP contribution in [0.3, 0.4) is 0 Å². The monoisotopic (exact) mass is 370 g/mol. The molecule has 128 valence electrons. The second-order valence-corrected chi connectivity index (χ2v) is 6.16. The second kappa shape index (κ2) is 7.98. The van der Waals surface area contributed by atoms with Gasteiger partial charge in [-0.3, -0.25) is 14.9 Å². The molecule has 0 spiro atoms. The number of benzene rings is 1. The van der Waals surface area contributed by atoms with Gasteiger partial charge in [0, 0.05) is 17.8 Å². The Morgan fingerprint density at radius 3 is 2.50 bits per heavy atom. The number of amides is 1. The normalized spacial score (nSPS) is 10.3. The summed E-state index contributed by atoms with van der Waals surface area (Å²) < 4.78 is 10.9. The number of rotatable bonds is 7. The van der Waals surface area contributed by atoms with E-state index < -0.39 is 10.8 Å². The van der Waals surface area contributed by atoms with Crippen LogP contribution in [0.15, 0.2) is 24.3 Å². The molecule has 1 N–H and O–H groups in total. The van der Waals surface area contributed by atoms with Gasteiger partial charge in [0.15, 0.2) is 15.8 Å². The largest absolute Gasteiger partial charge is 0.490 e. The molecule has 2 rings (SSSR count). The average Bonchev–Trinajstić information content (AvgIpc) is 2.92. The van der Waals surface area contributed by atoms with E-state index in [1.807, 2.05) is 13.8 Å². The summed E-state index contributed by atoms with van der Waals surface area (Å²) in [5, 5.41) is 13.5. The number of halogens is 1. The third kappa shape index (κ3) is 4.15. The summed E-state index contributed by atoms with van der Waals surface area (Å²) in [6.07, 6.45) is 0. The van der Waals surface area contributed by atoms with Crippen LogP contribution in [0.5, 0.6) is 11.5 Å². The van der Waals surface area contributed by atoms with E-state index in [1.165, 1.54) is 0 Å². The van der Waals surface area contributed by atoms with Gasteiger partial charge < -0.3 is 14.8 Å². The SMILES string of the molecule is CCOc1ccc(NC(=O)c2cc([N+](=O)[O-])c(Cl)s2)cc1OCC. The Bertz CT molecular complexity index is 762. The van der Waals surface area contributed by atoms with Gasteiger partial charge in [-0.1, -0.05) is 11.6 Å². The molecule has 7 nitrogen and oxygen atoms in total. The summed E-state index contributed by atoms with van der Waals surface area (Å²) >= 11 is 6.62. The Morgan fingerprint density at radius 1 is 1.25 bits per heavy atom. The molecule has 2 aromatic rings. The van der Waals surface area contributed by atoms with Crippen molar-refractivity contribution in [2.75, 3.05) is 18.5 Å². The van der Waals surface area contributed by atoms with E-state index >= 15 is 0 Å². The van der Waals surface area contributed by atoms with Crippen LogP contribution < -0.4 is 14.8 Å². The first-order valence-electron chi connectivity index (χ1n) is 7.11. The minimum Gasteiger partial charge on any atom is -0.490 e. The molecule has 0 aliphatic rings. The molecular weight excluding hydrogens is 356 g/mol. The number of ether oxygens (including phenoxy) is 2. The highest BCUT2D eigenvalue weighted by molar-refractivity contribution is 7.18. The van der Waals surface area contributed by atoms with Crippen molar-refractivity contribution < 1.29 is 19.2 Å². The molecule has 0 aliphatic heterocycles. The van der Waals surface area contributed by atoms with E-state index in [2.05, 4.69) is 5.32 Å². The third-order valence-electron chi connectivity index (χ3n) is 2.89. The first-order valence-corrected chi connectivity index (χ1v) is 8.30. The molecule has 0 atom stereocenters. The van der Waals surface area contributed by atoms with Crippen molar-refractivity contribution in [3.05, 3.63) is 43.6 Å². The fourth-order valence-electron chi connectivity index (χ4n) is 1.92. The molecule has 9 heteroatoms. The lowest BCUT2D eigenvalue weighted by molar-refractivity contribution is -0.384. The smallest absolute Gasteiger partial charge is 0.299 e. The predicted molar refractivity (Wildman–Crippen MR) is 92.7 cm³/mol. The highest BCUT2D eigenvalue weighted by atomic mass is 35.5. The Labute approximate surface area is 147 Å². The lowest BCUT2D eigenvalue weighted by atomic mass is 10.2. The van der Waals surface area contributed by atoms with Crippen LogP contribution >= 0.6 is 22.9 Å². The minimum absolute atomic E-state index is 0.0353. The maximum absolute atomic E-state index is 12.2. The number of carbonyl (C=O) groups is 1. The predicted octanol–water partition coefficient (Wildman–Crippen LogP) is 4.36. The number of nitrogens with zero attached hydrogens (tertiary/aromatic N) is 1. The lowest BCUT2D eigenvalue weighted by Crippen LogP contribution is -2.10. The van der Waals surface area contributed by atoms with Gasteiger partial charge in [-0.05, 0) is 26.0 Å². The van der Waals surface area contributed by atoms with Gasteiger partial charge in [0.25, 0.3) is 11.6 Å². The fraction of sp³-hybridized carbons (Fsp3) is 0.267. The number of carbonyl (C=O) groups excluding carboxylic acids is 1. The molecule has 1 aromatic heterocycles. The first kappa shape index (κ1) is 18.0. The molecule has 0 saturated heterocycles. The summed E-state index contributed by atoms with van der Waals surface area (Å²) in [4.78, 5) is 22.6. The third-order valence-corrected chi connectivity index (χ3v) is 4.23. The maximum atomic E-state index is 12.2. The maximum Gasteiger partial charge on any atom is 0.299 e. The van der Waals surface area contributed by atoms with E-state index in [9.17, 15) is 14.9 Å². The average molecular weight is 371 g/mol. The highest BCUT2D eigenvalue weighted by Crippen LogP contribution is 2.35. The Morgan fingerprint density at radius 2 is 1.92 bits per heavy atom. The van der Waals surface area contributed by atoms with Crippen LogP contribution in [0.2, 0.25) is 4.34 Å². The van der Waals surface area contributed by atoms with Crippen LogP contribution in [0, 0.1) is 10.1 Å². The summed E-state index contributed by atoms with van der Waals surface area (Å²) in [7, 11) is 0. The highest BCUT2D eigenvalue weighted by Gasteiger charge is 2.21. The number of nitro groups is 1. The van der Waals surface area contributed by atoms with Gasteiger partial charge in [0.05, 0.1) is 18.1 Å². The molecule has 0 bridgehead atoms. The molecular formula is C15H15ClN2O5S. The molecule has 0 aliphatic carbocycles. The summed E-state index contributed by atoms with van der Waals surface area (Å²) in [5.74, 6) is 0.598. The zero-order valence-corrected chi connectivity index (χ0v) is 14.6. The van der Waals surface area contributed by atoms with E-state index in [1.54, 1.807) is 18.2 Å². The lowest BCUT2D eigenvalue weighted by Gasteiger charge is -2.12. The quantitative estimate of drug-likeness (QED) is 0.577. The van der Waals surface area contributed by atoms with Gasteiger partial charge in [0.1, 0.15) is 4.88 Å². The van der Waals surface area contributed by atoms with Crippen molar-refractivity contribution in [3.8, 4) is 11.5 Å². The Balaban J connectivity index is 2.20. The zero-order valence-electron chi connectivity index (χ0n) is 13.0. The van der Waals surface area contributed by atoms with Crippen molar-refractivity contribution in [2.45, 2.75) is 13.8 Å². The van der Waals surface area contributed by atoms with Gasteiger partial charge >= 0.3 is 0 Å². The molecule has 0 saturated carbocycles. The van der Waals surface area contributed by atoms with Gasteiger partial charge in [-0.25, -0.2) is 0 Å². The standard InChI is InChI=1S/C15H15ClN2O5S/c1-3-22-11-6-5-9(7-12(11)23-4-2)17-15(19)13-8-10(18(20)21)14(16)24-13/h5-8H,3-4H2,1-2H3,(H,17,19). The number of hydrogen-bond acceptors (Lipinski definition) is 6. The van der Waals surface area contributed by atoms with Crippen LogP contribution in [-0.2, 0) is 0 Å². The van der Waals surface area contributed by atoms with E-state index in [0.717, 1.165) is 17.4 Å². The van der Waals surface area contributed by atoms with Crippen molar-refractivity contribution in [3.63, 3.8) is 0 Å². The summed E-state index contributed by atoms with van der Waals surface area (Å²) in [6, 6.07) is 6.14. The second-order valence-electron chi connectivity index (χ2n) is 4.51. The number of thiophene rings is 1. The van der Waals surface area contributed by atoms with E-state index in [-0.39, 0.29) is 14.9 Å². The summed E-state index contributed by atoms with van der Waals surface area (Å²) in [5.41, 5.74) is 0.201. The van der Waals surface area contributed by atoms with Gasteiger partial charge in [-0.2, -0.15) is 0 Å². The van der Waals surface area contributed by atoms with Gasteiger partial charge in [-0.15, -0.1) is 11.3 Å². The fourth-order valence-corrected chi connectivity index (χ4v) is 3.04. The molecule has 1 heterocycles. The van der Waals surface area contributed by atoms with Crippen molar-refractivity contribution in [1.82, 2.24) is 0 Å². The number of anilines is 1. The molecule has 24 heavy (non-hydrogen) atoms. The van der Waals surface area contributed by atoms with Crippen molar-refractivity contribution in [2.24, 2.45) is 0 Å². The minimum atomic E-state index is -0.625. The Kier molecular flexibility index (Phi) is 5.99. The number of hydrogen-bond donors (Lipinski definition) is 1. The van der Waals surface area contributed by atoms with E-state index in [4.69, 9.17) is 21.1 Å². The Hall–Kier alpha value is -2.32. The van der Waals surface area contributed by atoms with Crippen molar-refractivity contribution >= 4 is 40.2 Å². The van der Waals surface area contributed by atoms with Crippen molar-refractivity contribution in [1.29, 1.82) is 0 Å². The molecule has 1 aromatic carbocycles. The number of nitrogens with one attached hydrogen (secondary N) is 1. The molecule has 0 radical (unpaired) electrons. The topological polar surface area (TPSA) is 90.7 Å². The van der Waals surface area contributed by atoms with Crippen LogP contribution in [0.4, 0.5) is 11.4 Å². The van der Waals surface area contributed by atoms with Crippen LogP contribution in [0.25, 0.3) is 0 Å². The van der Waals surface area contributed by atoms with Crippen LogP contribution in [-0.4, -0.2) is 24.0 Å². The molecule has 0 unspecified atom stereocenters. The molecule has 0 fully saturated rings.